The van der Waals surface area contributed by atoms with Crippen molar-refractivity contribution in [2.75, 3.05) is 18.1 Å². The summed E-state index contributed by atoms with van der Waals surface area (Å²) in [5, 5.41) is 7.33. The van der Waals surface area contributed by atoms with Gasteiger partial charge in [0.15, 0.2) is 5.65 Å². The molecular weight excluding hydrogens is 350 g/mol. The summed E-state index contributed by atoms with van der Waals surface area (Å²) in [6.45, 7) is 6.48. The van der Waals surface area contributed by atoms with Crippen LogP contribution in [0.2, 0.25) is 0 Å². The number of alkyl carbamates (subject to hydrolysis) is 1. The molecule has 2 amide bonds. The molecule has 0 atom stereocenters. The van der Waals surface area contributed by atoms with Crippen LogP contribution in [0, 0.1) is 0 Å². The number of ether oxygens (including phenoxy) is 2. The van der Waals surface area contributed by atoms with Gasteiger partial charge in [0, 0.05) is 5.92 Å². The van der Waals surface area contributed by atoms with E-state index in [1.54, 1.807) is 15.6 Å². The zero-order valence-electron chi connectivity index (χ0n) is 15.7. The second-order valence-electron chi connectivity index (χ2n) is 7.85. The first kappa shape index (κ1) is 17.6. The summed E-state index contributed by atoms with van der Waals surface area (Å²) < 4.78 is 12.0. The van der Waals surface area contributed by atoms with Crippen molar-refractivity contribution >= 4 is 23.5 Å². The minimum absolute atomic E-state index is 0.209. The maximum atomic E-state index is 12.0. The van der Waals surface area contributed by atoms with Crippen molar-refractivity contribution < 1.29 is 19.1 Å². The molecule has 144 valence electrons. The van der Waals surface area contributed by atoms with E-state index >= 15 is 0 Å². The molecule has 1 N–H and O–H groups in total. The van der Waals surface area contributed by atoms with E-state index in [-0.39, 0.29) is 12.6 Å². The molecule has 0 spiro atoms. The summed E-state index contributed by atoms with van der Waals surface area (Å²) in [7, 11) is 0. The van der Waals surface area contributed by atoms with Crippen LogP contribution in [0.15, 0.2) is 12.3 Å². The number of rotatable bonds is 4. The van der Waals surface area contributed by atoms with E-state index in [4.69, 9.17) is 9.47 Å². The molecular formula is C18H23N5O4. The van der Waals surface area contributed by atoms with E-state index < -0.39 is 11.7 Å². The lowest BCUT2D eigenvalue weighted by atomic mass is 10.2. The van der Waals surface area contributed by atoms with Gasteiger partial charge in [0.05, 0.1) is 36.4 Å². The van der Waals surface area contributed by atoms with Gasteiger partial charge in [-0.15, -0.1) is 0 Å². The molecule has 3 heterocycles. The van der Waals surface area contributed by atoms with Crippen LogP contribution in [0.4, 0.5) is 15.3 Å². The number of carbonyl (C=O) groups is 2. The van der Waals surface area contributed by atoms with E-state index in [2.05, 4.69) is 15.4 Å². The number of fused-ring (bicyclic) bond motifs is 1. The smallest absolute Gasteiger partial charge is 0.414 e. The highest BCUT2D eigenvalue weighted by atomic mass is 16.6. The molecule has 2 aromatic rings. The van der Waals surface area contributed by atoms with Crippen LogP contribution < -0.4 is 10.2 Å². The Hall–Kier alpha value is -2.84. The molecule has 2 aromatic heterocycles. The first-order valence-electron chi connectivity index (χ1n) is 9.10. The van der Waals surface area contributed by atoms with Crippen molar-refractivity contribution in [3.05, 3.63) is 23.7 Å². The van der Waals surface area contributed by atoms with Crippen LogP contribution >= 0.6 is 0 Å². The summed E-state index contributed by atoms with van der Waals surface area (Å²) in [6, 6.07) is 1.93. The number of carbonyl (C=O) groups excluding carboxylic acids is 2. The van der Waals surface area contributed by atoms with Crippen LogP contribution in [-0.4, -0.2) is 45.5 Å². The minimum atomic E-state index is -0.562. The van der Waals surface area contributed by atoms with Crippen LogP contribution in [0.3, 0.4) is 0 Å². The second kappa shape index (κ2) is 6.40. The number of hydrogen-bond acceptors (Lipinski definition) is 6. The van der Waals surface area contributed by atoms with Gasteiger partial charge in [-0.25, -0.2) is 19.1 Å². The monoisotopic (exact) mass is 373 g/mol. The maximum Gasteiger partial charge on any atom is 0.414 e. The fraction of sp³-hybridized carbons (Fsp3) is 0.556. The SMILES string of the molecule is CC(C)(C)OC(=O)NCc1cn2nc(C3CC3)cc(N3CCOC3=O)c2n1. The molecule has 4 rings (SSSR count). The molecule has 1 saturated carbocycles. The molecule has 0 aromatic carbocycles. The number of amides is 2. The minimum Gasteiger partial charge on any atom is -0.447 e. The van der Waals surface area contributed by atoms with Gasteiger partial charge in [0.2, 0.25) is 0 Å². The zero-order chi connectivity index (χ0) is 19.2. The van der Waals surface area contributed by atoms with Crippen LogP contribution in [0.25, 0.3) is 5.65 Å². The Morgan fingerprint density at radius 1 is 1.41 bits per heavy atom. The fourth-order valence-electron chi connectivity index (χ4n) is 2.98. The predicted molar refractivity (Wildman–Crippen MR) is 96.7 cm³/mol. The Labute approximate surface area is 156 Å². The molecule has 9 heteroatoms. The third-order valence-electron chi connectivity index (χ3n) is 4.33. The average Bonchev–Trinajstić information content (AvgIpc) is 3.21. The number of aromatic nitrogens is 3. The van der Waals surface area contributed by atoms with E-state index in [1.165, 1.54) is 0 Å². The normalized spacial score (nSPS) is 17.3. The van der Waals surface area contributed by atoms with E-state index in [0.717, 1.165) is 18.5 Å². The maximum absolute atomic E-state index is 12.0. The Balaban J connectivity index is 1.60. The summed E-state index contributed by atoms with van der Waals surface area (Å²) in [6.07, 6.45) is 3.09. The van der Waals surface area contributed by atoms with Crippen LogP contribution in [0.1, 0.15) is 50.9 Å². The van der Waals surface area contributed by atoms with Crippen molar-refractivity contribution in [3.63, 3.8) is 0 Å². The van der Waals surface area contributed by atoms with Gasteiger partial charge in [0.25, 0.3) is 0 Å². The first-order valence-corrected chi connectivity index (χ1v) is 9.10. The molecule has 1 aliphatic carbocycles. The standard InChI is InChI=1S/C18H23N5O4/c1-18(2,3)27-16(24)19-9-12-10-23-15(20-12)14(22-6-7-26-17(22)25)8-13(21-23)11-4-5-11/h8,10-11H,4-7,9H2,1-3H3,(H,19,24). The summed E-state index contributed by atoms with van der Waals surface area (Å²) in [5.74, 6) is 0.428. The highest BCUT2D eigenvalue weighted by Crippen LogP contribution is 2.40. The molecule has 0 radical (unpaired) electrons. The molecule has 2 aliphatic rings. The Morgan fingerprint density at radius 2 is 2.19 bits per heavy atom. The number of hydrogen-bond donors (Lipinski definition) is 1. The van der Waals surface area contributed by atoms with E-state index in [0.29, 0.717) is 36.1 Å². The lowest BCUT2D eigenvalue weighted by Gasteiger charge is -2.19. The van der Waals surface area contributed by atoms with Crippen molar-refractivity contribution in [3.8, 4) is 0 Å². The highest BCUT2D eigenvalue weighted by Gasteiger charge is 2.31. The van der Waals surface area contributed by atoms with Gasteiger partial charge in [-0.1, -0.05) is 0 Å². The molecule has 0 bridgehead atoms. The molecule has 27 heavy (non-hydrogen) atoms. The van der Waals surface area contributed by atoms with E-state index in [9.17, 15) is 9.59 Å². The topological polar surface area (TPSA) is 98.1 Å². The van der Waals surface area contributed by atoms with E-state index in [1.807, 2.05) is 26.8 Å². The molecule has 9 nitrogen and oxygen atoms in total. The van der Waals surface area contributed by atoms with Crippen LogP contribution in [0.5, 0.6) is 0 Å². The molecule has 1 saturated heterocycles. The third kappa shape index (κ3) is 3.81. The number of nitrogens with one attached hydrogen (secondary N) is 1. The Morgan fingerprint density at radius 3 is 2.81 bits per heavy atom. The van der Waals surface area contributed by atoms with Gasteiger partial charge < -0.3 is 14.8 Å². The van der Waals surface area contributed by atoms with Crippen molar-refractivity contribution in [2.45, 2.75) is 51.7 Å². The molecule has 1 aliphatic heterocycles. The lowest BCUT2D eigenvalue weighted by Crippen LogP contribution is -2.32. The summed E-state index contributed by atoms with van der Waals surface area (Å²) >= 11 is 0. The van der Waals surface area contributed by atoms with Gasteiger partial charge >= 0.3 is 12.2 Å². The molecule has 2 fully saturated rings. The van der Waals surface area contributed by atoms with Crippen molar-refractivity contribution in [1.29, 1.82) is 0 Å². The predicted octanol–water partition coefficient (Wildman–Crippen LogP) is 2.59. The number of cyclic esters (lactones) is 1. The fourth-order valence-corrected chi connectivity index (χ4v) is 2.98. The third-order valence-corrected chi connectivity index (χ3v) is 4.33. The van der Waals surface area contributed by atoms with Crippen molar-refractivity contribution in [1.82, 2.24) is 19.9 Å². The first-order chi connectivity index (χ1) is 12.8. The number of nitrogens with zero attached hydrogens (tertiary/aromatic N) is 4. The second-order valence-corrected chi connectivity index (χ2v) is 7.85. The Kier molecular flexibility index (Phi) is 4.16. The van der Waals surface area contributed by atoms with Gasteiger partial charge in [0.1, 0.15) is 12.2 Å². The molecule has 0 unspecified atom stereocenters. The van der Waals surface area contributed by atoms with Crippen molar-refractivity contribution in [2.24, 2.45) is 0 Å². The highest BCUT2D eigenvalue weighted by molar-refractivity contribution is 5.93. The average molecular weight is 373 g/mol. The number of imidazole rings is 1. The Bertz CT molecular complexity index is 897. The lowest BCUT2D eigenvalue weighted by molar-refractivity contribution is 0.0523. The van der Waals surface area contributed by atoms with Gasteiger partial charge in [-0.2, -0.15) is 5.10 Å². The quantitative estimate of drug-likeness (QED) is 0.885. The largest absolute Gasteiger partial charge is 0.447 e. The van der Waals surface area contributed by atoms with Gasteiger partial charge in [-0.05, 0) is 39.7 Å². The van der Waals surface area contributed by atoms with Gasteiger partial charge in [-0.3, -0.25) is 4.90 Å². The van der Waals surface area contributed by atoms with Crippen LogP contribution in [-0.2, 0) is 16.0 Å². The summed E-state index contributed by atoms with van der Waals surface area (Å²) in [4.78, 5) is 30.1. The summed E-state index contributed by atoms with van der Waals surface area (Å²) in [5.41, 5.74) is 2.28. The zero-order valence-corrected chi connectivity index (χ0v) is 15.7. The number of anilines is 1.